The molecule has 11 heteroatoms. The Balaban J connectivity index is 1.42. The molecule has 40 heavy (non-hydrogen) atoms. The number of nitro groups is 1. The number of nitro benzene ring substituents is 1. The summed E-state index contributed by atoms with van der Waals surface area (Å²) in [5.41, 5.74) is 4.92. The summed E-state index contributed by atoms with van der Waals surface area (Å²) in [6.07, 6.45) is 1.31. The van der Waals surface area contributed by atoms with E-state index in [1.165, 1.54) is 42.6 Å². The van der Waals surface area contributed by atoms with Crippen molar-refractivity contribution in [2.75, 3.05) is 5.32 Å². The number of carbonyl (C=O) groups is 3. The lowest BCUT2D eigenvalue weighted by molar-refractivity contribution is -0.384. The number of carbonyl (C=O) groups excluding carboxylic acids is 3. The largest absolute Gasteiger partial charge is 0.422 e. The maximum atomic E-state index is 12.7. The van der Waals surface area contributed by atoms with E-state index in [2.05, 4.69) is 31.8 Å². The Bertz CT molecular complexity index is 1640. The summed E-state index contributed by atoms with van der Waals surface area (Å²) in [7, 11) is 0. The van der Waals surface area contributed by atoms with Gasteiger partial charge in [-0.3, -0.25) is 19.7 Å². The Morgan fingerprint density at radius 1 is 0.875 bits per heavy atom. The van der Waals surface area contributed by atoms with Gasteiger partial charge in [-0.1, -0.05) is 39.7 Å². The highest BCUT2D eigenvalue weighted by molar-refractivity contribution is 9.10. The van der Waals surface area contributed by atoms with E-state index in [0.717, 1.165) is 5.56 Å². The molecule has 0 radical (unpaired) electrons. The Hall–Kier alpha value is -5.16. The second-order valence-electron chi connectivity index (χ2n) is 8.48. The topological polar surface area (TPSA) is 140 Å². The number of anilines is 1. The predicted molar refractivity (Wildman–Crippen MR) is 153 cm³/mol. The molecular formula is C29H21BrN4O6. The molecule has 0 aromatic heterocycles. The molecule has 0 saturated carbocycles. The summed E-state index contributed by atoms with van der Waals surface area (Å²) in [6.45, 7) is 1.89. The minimum Gasteiger partial charge on any atom is -0.422 e. The molecule has 0 spiro atoms. The van der Waals surface area contributed by atoms with Gasteiger partial charge >= 0.3 is 5.97 Å². The fourth-order valence-electron chi connectivity index (χ4n) is 3.54. The number of non-ortho nitro benzene ring substituents is 1. The zero-order valence-corrected chi connectivity index (χ0v) is 22.5. The first-order valence-electron chi connectivity index (χ1n) is 11.8. The molecule has 0 unspecified atom stereocenters. The lowest BCUT2D eigenvalue weighted by Gasteiger charge is -2.09. The molecule has 2 N–H and O–H groups in total. The van der Waals surface area contributed by atoms with E-state index in [-0.39, 0.29) is 28.5 Å². The number of rotatable bonds is 8. The lowest BCUT2D eigenvalue weighted by Crippen LogP contribution is -2.18. The highest BCUT2D eigenvalue weighted by Crippen LogP contribution is 2.23. The quantitative estimate of drug-likeness (QED) is 0.0848. The van der Waals surface area contributed by atoms with Crippen molar-refractivity contribution >= 4 is 51.3 Å². The first-order chi connectivity index (χ1) is 19.2. The summed E-state index contributed by atoms with van der Waals surface area (Å²) in [5, 5.41) is 17.6. The summed E-state index contributed by atoms with van der Waals surface area (Å²) in [5.74, 6) is -1.39. The van der Waals surface area contributed by atoms with Gasteiger partial charge in [-0.15, -0.1) is 0 Å². The minimum absolute atomic E-state index is 0.124. The van der Waals surface area contributed by atoms with Crippen molar-refractivity contribution in [3.63, 3.8) is 0 Å². The Morgan fingerprint density at radius 2 is 1.57 bits per heavy atom. The standard InChI is InChI=1S/C29H21BrN4O6/c1-18-4-2-5-20(14-18)27(35)32-24-7-3-6-21(16-24)28(36)33-31-17-22-15-23(30)10-13-26(22)40-29(37)19-8-11-25(12-9-19)34(38)39/h2-17H,1H3,(H,32,35)(H,33,36). The van der Waals surface area contributed by atoms with Gasteiger partial charge in [0.1, 0.15) is 5.75 Å². The zero-order chi connectivity index (χ0) is 28.6. The van der Waals surface area contributed by atoms with Crippen LogP contribution in [0.1, 0.15) is 42.2 Å². The van der Waals surface area contributed by atoms with Crippen LogP contribution in [-0.2, 0) is 0 Å². The highest BCUT2D eigenvalue weighted by atomic mass is 79.9. The van der Waals surface area contributed by atoms with Gasteiger partial charge in [-0.2, -0.15) is 5.10 Å². The molecule has 0 heterocycles. The molecule has 2 amide bonds. The molecule has 0 bridgehead atoms. The number of hydrogen-bond acceptors (Lipinski definition) is 7. The number of benzene rings is 4. The van der Waals surface area contributed by atoms with Crippen LogP contribution in [0.2, 0.25) is 0 Å². The molecule has 0 aliphatic rings. The summed E-state index contributed by atoms with van der Waals surface area (Å²) in [4.78, 5) is 48.1. The van der Waals surface area contributed by atoms with E-state index in [9.17, 15) is 24.5 Å². The van der Waals surface area contributed by atoms with Gasteiger partial charge in [-0.05, 0) is 67.6 Å². The average molecular weight is 601 g/mol. The normalized spacial score (nSPS) is 10.7. The Morgan fingerprint density at radius 3 is 2.27 bits per heavy atom. The fourth-order valence-corrected chi connectivity index (χ4v) is 3.92. The third-order valence-corrected chi connectivity index (χ3v) is 6.01. The average Bonchev–Trinajstić information content (AvgIpc) is 2.94. The molecule has 4 aromatic carbocycles. The molecule has 10 nitrogen and oxygen atoms in total. The van der Waals surface area contributed by atoms with Crippen molar-refractivity contribution in [1.82, 2.24) is 5.43 Å². The first-order valence-corrected chi connectivity index (χ1v) is 12.6. The molecule has 0 aliphatic carbocycles. The van der Waals surface area contributed by atoms with Crippen molar-refractivity contribution in [1.29, 1.82) is 0 Å². The van der Waals surface area contributed by atoms with E-state index in [1.807, 2.05) is 13.0 Å². The van der Waals surface area contributed by atoms with E-state index in [4.69, 9.17) is 4.74 Å². The van der Waals surface area contributed by atoms with Crippen molar-refractivity contribution in [2.45, 2.75) is 6.92 Å². The van der Waals surface area contributed by atoms with E-state index in [1.54, 1.807) is 48.5 Å². The van der Waals surface area contributed by atoms with Crippen LogP contribution in [0.15, 0.2) is 101 Å². The number of nitrogens with zero attached hydrogens (tertiary/aromatic N) is 2. The van der Waals surface area contributed by atoms with Gasteiger partial charge in [0.25, 0.3) is 17.5 Å². The second-order valence-corrected chi connectivity index (χ2v) is 9.39. The van der Waals surface area contributed by atoms with Gasteiger partial charge in [0.2, 0.25) is 0 Å². The third kappa shape index (κ3) is 7.23. The van der Waals surface area contributed by atoms with Gasteiger partial charge in [0.05, 0.1) is 16.7 Å². The number of esters is 1. The number of ether oxygens (including phenoxy) is 1. The van der Waals surface area contributed by atoms with Crippen molar-refractivity contribution < 1.29 is 24.0 Å². The lowest BCUT2D eigenvalue weighted by atomic mass is 10.1. The highest BCUT2D eigenvalue weighted by Gasteiger charge is 2.14. The zero-order valence-electron chi connectivity index (χ0n) is 21.0. The third-order valence-electron chi connectivity index (χ3n) is 5.52. The molecule has 0 saturated heterocycles. The maximum Gasteiger partial charge on any atom is 0.343 e. The van der Waals surface area contributed by atoms with E-state index in [0.29, 0.717) is 21.3 Å². The van der Waals surface area contributed by atoms with Crippen LogP contribution >= 0.6 is 15.9 Å². The SMILES string of the molecule is Cc1cccc(C(=O)Nc2cccc(C(=O)NN=Cc3cc(Br)ccc3OC(=O)c3ccc([N+](=O)[O-])cc3)c2)c1. The van der Waals surface area contributed by atoms with Crippen molar-refractivity contribution in [2.24, 2.45) is 5.10 Å². The van der Waals surface area contributed by atoms with Crippen LogP contribution in [0.25, 0.3) is 0 Å². The van der Waals surface area contributed by atoms with Gasteiger partial charge in [0, 0.05) is 39.0 Å². The second kappa shape index (κ2) is 12.6. The van der Waals surface area contributed by atoms with Crippen molar-refractivity contribution in [3.05, 3.63) is 133 Å². The maximum absolute atomic E-state index is 12.7. The number of hydrogen-bond donors (Lipinski definition) is 2. The number of aryl methyl sites for hydroxylation is 1. The summed E-state index contributed by atoms with van der Waals surface area (Å²) >= 11 is 3.35. The molecular weight excluding hydrogens is 580 g/mol. The van der Waals surface area contributed by atoms with E-state index < -0.39 is 16.8 Å². The van der Waals surface area contributed by atoms with Gasteiger partial charge in [-0.25, -0.2) is 10.2 Å². The van der Waals surface area contributed by atoms with E-state index >= 15 is 0 Å². The smallest absolute Gasteiger partial charge is 0.343 e. The number of nitrogens with one attached hydrogen (secondary N) is 2. The molecule has 0 atom stereocenters. The summed E-state index contributed by atoms with van der Waals surface area (Å²) in [6, 6.07) is 23.4. The van der Waals surface area contributed by atoms with Crippen molar-refractivity contribution in [3.8, 4) is 5.75 Å². The van der Waals surface area contributed by atoms with Crippen LogP contribution in [0.5, 0.6) is 5.75 Å². The molecule has 0 fully saturated rings. The number of amides is 2. The van der Waals surface area contributed by atoms with Crippen LogP contribution < -0.4 is 15.5 Å². The van der Waals surface area contributed by atoms with Crippen LogP contribution in [0, 0.1) is 17.0 Å². The molecule has 200 valence electrons. The van der Waals surface area contributed by atoms with Crippen LogP contribution in [0.4, 0.5) is 11.4 Å². The first kappa shape index (κ1) is 27.9. The van der Waals surface area contributed by atoms with Crippen LogP contribution in [-0.4, -0.2) is 28.9 Å². The monoisotopic (exact) mass is 600 g/mol. The molecule has 4 aromatic rings. The van der Waals surface area contributed by atoms with Gasteiger partial charge < -0.3 is 10.1 Å². The number of hydrazone groups is 1. The summed E-state index contributed by atoms with van der Waals surface area (Å²) < 4.78 is 6.13. The molecule has 4 rings (SSSR count). The molecule has 0 aliphatic heterocycles. The predicted octanol–water partition coefficient (Wildman–Crippen LogP) is 5.90. The van der Waals surface area contributed by atoms with Crippen LogP contribution in [0.3, 0.4) is 0 Å². The minimum atomic E-state index is -0.722. The Labute approximate surface area is 237 Å². The Kier molecular flexibility index (Phi) is 8.77. The fraction of sp³-hybridized carbons (Fsp3) is 0.0345. The number of halogens is 1. The van der Waals surface area contributed by atoms with Gasteiger partial charge in [0.15, 0.2) is 0 Å².